The monoisotopic (exact) mass is 262 g/mol. The number of hydrogen-bond donors (Lipinski definition) is 0. The number of benzene rings is 1. The second-order valence-corrected chi connectivity index (χ2v) is 3.64. The van der Waals surface area contributed by atoms with Crippen LogP contribution >= 0.6 is 0 Å². The van der Waals surface area contributed by atoms with E-state index in [1.807, 2.05) is 0 Å². The number of hydrogen-bond acceptors (Lipinski definition) is 1. The molecular formula is C11H7F5N2. The highest BCUT2D eigenvalue weighted by atomic mass is 19.4. The number of nitrogens with zero attached hydrogens (tertiary/aromatic N) is 2. The summed E-state index contributed by atoms with van der Waals surface area (Å²) in [6.07, 6.45) is -3.39. The first kappa shape index (κ1) is 12.5. The summed E-state index contributed by atoms with van der Waals surface area (Å²) in [5.74, 6) is -2.05. The van der Waals surface area contributed by atoms with E-state index in [1.54, 1.807) is 0 Å². The van der Waals surface area contributed by atoms with E-state index in [9.17, 15) is 22.0 Å². The van der Waals surface area contributed by atoms with E-state index in [0.29, 0.717) is 5.56 Å². The lowest BCUT2D eigenvalue weighted by atomic mass is 10.2. The number of aromatic nitrogens is 2. The summed E-state index contributed by atoms with van der Waals surface area (Å²) in [7, 11) is 0. The van der Waals surface area contributed by atoms with Crippen LogP contribution in [0, 0.1) is 11.6 Å². The topological polar surface area (TPSA) is 17.8 Å². The fourth-order valence-electron chi connectivity index (χ4n) is 1.43. The summed E-state index contributed by atoms with van der Waals surface area (Å²) in [4.78, 5) is 0. The molecule has 0 spiro atoms. The molecule has 0 saturated heterocycles. The van der Waals surface area contributed by atoms with Gasteiger partial charge >= 0.3 is 6.18 Å². The van der Waals surface area contributed by atoms with Crippen LogP contribution < -0.4 is 0 Å². The van der Waals surface area contributed by atoms with Crippen molar-refractivity contribution in [2.75, 3.05) is 0 Å². The molecule has 0 aliphatic rings. The third kappa shape index (κ3) is 2.66. The molecule has 2 rings (SSSR count). The van der Waals surface area contributed by atoms with Crippen LogP contribution in [0.1, 0.15) is 11.3 Å². The molecule has 1 heterocycles. The third-order valence-corrected chi connectivity index (χ3v) is 2.26. The Labute approximate surface area is 98.7 Å². The lowest BCUT2D eigenvalue weighted by Gasteiger charge is -2.04. The summed E-state index contributed by atoms with van der Waals surface area (Å²) in [6.45, 7) is -0.0622. The van der Waals surface area contributed by atoms with Crippen molar-refractivity contribution < 1.29 is 22.0 Å². The van der Waals surface area contributed by atoms with E-state index in [-0.39, 0.29) is 6.54 Å². The Morgan fingerprint density at radius 3 is 2.33 bits per heavy atom. The van der Waals surface area contributed by atoms with Crippen molar-refractivity contribution in [2.24, 2.45) is 0 Å². The maximum absolute atomic E-state index is 12.9. The molecule has 0 fully saturated rings. The fraction of sp³-hybridized carbons (Fsp3) is 0.182. The van der Waals surface area contributed by atoms with Crippen LogP contribution in [0.2, 0.25) is 0 Å². The van der Waals surface area contributed by atoms with Crippen LogP contribution in [-0.4, -0.2) is 9.78 Å². The number of halogens is 5. The number of rotatable bonds is 2. The summed E-state index contributed by atoms with van der Waals surface area (Å²) in [5, 5.41) is 3.30. The van der Waals surface area contributed by atoms with Gasteiger partial charge in [-0.15, -0.1) is 0 Å². The van der Waals surface area contributed by atoms with Crippen LogP contribution in [0.5, 0.6) is 0 Å². The molecule has 0 radical (unpaired) electrons. The molecule has 0 bridgehead atoms. The van der Waals surface area contributed by atoms with Crippen molar-refractivity contribution in [3.05, 3.63) is 53.4 Å². The molecule has 0 atom stereocenters. The Bertz CT molecular complexity index is 559. The molecule has 0 N–H and O–H groups in total. The van der Waals surface area contributed by atoms with Gasteiger partial charge in [-0.1, -0.05) is 6.07 Å². The van der Waals surface area contributed by atoms with Gasteiger partial charge in [-0.2, -0.15) is 18.3 Å². The van der Waals surface area contributed by atoms with Crippen LogP contribution in [0.4, 0.5) is 22.0 Å². The maximum atomic E-state index is 12.9. The molecule has 1 aromatic heterocycles. The van der Waals surface area contributed by atoms with Gasteiger partial charge in [0.2, 0.25) is 0 Å². The van der Waals surface area contributed by atoms with Crippen molar-refractivity contribution in [1.29, 1.82) is 0 Å². The Morgan fingerprint density at radius 2 is 1.78 bits per heavy atom. The van der Waals surface area contributed by atoms with Crippen LogP contribution in [0.15, 0.2) is 30.5 Å². The molecule has 1 aromatic carbocycles. The van der Waals surface area contributed by atoms with Crippen LogP contribution in [0.25, 0.3) is 0 Å². The zero-order valence-corrected chi connectivity index (χ0v) is 8.88. The molecule has 0 amide bonds. The van der Waals surface area contributed by atoms with Gasteiger partial charge in [0.05, 0.1) is 6.54 Å². The zero-order chi connectivity index (χ0) is 13.3. The van der Waals surface area contributed by atoms with E-state index in [2.05, 4.69) is 5.10 Å². The van der Waals surface area contributed by atoms with E-state index in [4.69, 9.17) is 0 Å². The fourth-order valence-corrected chi connectivity index (χ4v) is 1.43. The van der Waals surface area contributed by atoms with Crippen molar-refractivity contribution in [1.82, 2.24) is 9.78 Å². The lowest BCUT2D eigenvalue weighted by Crippen LogP contribution is -2.08. The first-order valence-corrected chi connectivity index (χ1v) is 4.91. The minimum Gasteiger partial charge on any atom is -0.268 e. The molecular weight excluding hydrogens is 255 g/mol. The van der Waals surface area contributed by atoms with E-state index in [0.717, 1.165) is 29.1 Å². The van der Waals surface area contributed by atoms with Crippen molar-refractivity contribution in [3.8, 4) is 0 Å². The lowest BCUT2D eigenvalue weighted by molar-refractivity contribution is -0.141. The predicted molar refractivity (Wildman–Crippen MR) is 52.7 cm³/mol. The summed E-state index contributed by atoms with van der Waals surface area (Å²) in [5.41, 5.74) is -0.698. The highest BCUT2D eigenvalue weighted by molar-refractivity contribution is 5.18. The second-order valence-electron chi connectivity index (χ2n) is 3.64. The standard InChI is InChI=1S/C11H7F5N2/c12-8-2-1-7(5-9(8)13)6-18-4-3-10(17-18)11(14,15)16/h1-5H,6H2. The molecule has 96 valence electrons. The van der Waals surface area contributed by atoms with Gasteiger partial charge < -0.3 is 0 Å². The predicted octanol–water partition coefficient (Wildman–Crippen LogP) is 3.23. The SMILES string of the molecule is Fc1ccc(Cn2ccc(C(F)(F)F)n2)cc1F. The van der Waals surface area contributed by atoms with Gasteiger partial charge in [0.1, 0.15) is 0 Å². The largest absolute Gasteiger partial charge is 0.435 e. The second kappa shape index (κ2) is 4.40. The first-order chi connectivity index (χ1) is 8.36. The Morgan fingerprint density at radius 1 is 1.06 bits per heavy atom. The van der Waals surface area contributed by atoms with Gasteiger partial charge in [0.15, 0.2) is 17.3 Å². The molecule has 18 heavy (non-hydrogen) atoms. The first-order valence-electron chi connectivity index (χ1n) is 4.91. The summed E-state index contributed by atoms with van der Waals surface area (Å²) < 4.78 is 63.4. The normalized spacial score (nSPS) is 11.8. The zero-order valence-electron chi connectivity index (χ0n) is 8.88. The average molecular weight is 262 g/mol. The molecule has 2 aromatic rings. The molecule has 2 nitrogen and oxygen atoms in total. The van der Waals surface area contributed by atoms with Crippen LogP contribution in [0.3, 0.4) is 0 Å². The molecule has 0 unspecified atom stereocenters. The van der Waals surface area contributed by atoms with Gasteiger partial charge in [-0.25, -0.2) is 8.78 Å². The molecule has 0 aliphatic heterocycles. The van der Waals surface area contributed by atoms with Crippen LogP contribution in [-0.2, 0) is 12.7 Å². The van der Waals surface area contributed by atoms with E-state index >= 15 is 0 Å². The van der Waals surface area contributed by atoms with Gasteiger partial charge in [0, 0.05) is 6.20 Å². The Kier molecular flexibility index (Phi) is 3.06. The Balaban J connectivity index is 2.19. The smallest absolute Gasteiger partial charge is 0.268 e. The van der Waals surface area contributed by atoms with Gasteiger partial charge in [-0.3, -0.25) is 4.68 Å². The van der Waals surface area contributed by atoms with E-state index < -0.39 is 23.5 Å². The summed E-state index contributed by atoms with van der Waals surface area (Å²) >= 11 is 0. The summed E-state index contributed by atoms with van der Waals surface area (Å²) in [6, 6.07) is 3.94. The van der Waals surface area contributed by atoms with Gasteiger partial charge in [-0.05, 0) is 23.8 Å². The minimum absolute atomic E-state index is 0.0622. The highest BCUT2D eigenvalue weighted by Crippen LogP contribution is 2.27. The number of alkyl halides is 3. The molecule has 7 heteroatoms. The molecule has 0 aliphatic carbocycles. The quantitative estimate of drug-likeness (QED) is 0.760. The highest BCUT2D eigenvalue weighted by Gasteiger charge is 2.33. The van der Waals surface area contributed by atoms with Crippen molar-refractivity contribution in [2.45, 2.75) is 12.7 Å². The molecule has 0 saturated carbocycles. The van der Waals surface area contributed by atoms with Crippen molar-refractivity contribution >= 4 is 0 Å². The third-order valence-electron chi connectivity index (χ3n) is 2.26. The van der Waals surface area contributed by atoms with E-state index in [1.165, 1.54) is 6.07 Å². The van der Waals surface area contributed by atoms with Crippen molar-refractivity contribution in [3.63, 3.8) is 0 Å². The average Bonchev–Trinajstić information content (AvgIpc) is 2.72. The van der Waals surface area contributed by atoms with Gasteiger partial charge in [0.25, 0.3) is 0 Å². The maximum Gasteiger partial charge on any atom is 0.435 e. The minimum atomic E-state index is -4.51. The Hall–Kier alpha value is -1.92.